The lowest BCUT2D eigenvalue weighted by molar-refractivity contribution is -0.142. The molecule has 25 heavy (non-hydrogen) atoms. The predicted molar refractivity (Wildman–Crippen MR) is 92.2 cm³/mol. The summed E-state index contributed by atoms with van der Waals surface area (Å²) in [5, 5.41) is 4.82. The fraction of sp³-hybridized carbons (Fsp3) is 0.0588. The predicted octanol–water partition coefficient (Wildman–Crippen LogP) is 5.82. The molecule has 0 saturated heterocycles. The molecule has 0 radical (unpaired) electrons. The van der Waals surface area contributed by atoms with Crippen molar-refractivity contribution in [3.05, 3.63) is 65.3 Å². The van der Waals surface area contributed by atoms with Crippen molar-refractivity contribution < 1.29 is 13.2 Å². The first-order valence-electron chi connectivity index (χ1n) is 7.21. The van der Waals surface area contributed by atoms with E-state index in [0.717, 1.165) is 26.8 Å². The molecule has 8 heteroatoms. The van der Waals surface area contributed by atoms with Crippen LogP contribution in [-0.2, 0) is 6.18 Å². The van der Waals surface area contributed by atoms with Crippen molar-refractivity contribution in [2.75, 3.05) is 0 Å². The van der Waals surface area contributed by atoms with Gasteiger partial charge >= 0.3 is 6.18 Å². The topological polar surface area (TPSA) is 30.7 Å². The molecule has 0 spiro atoms. The van der Waals surface area contributed by atoms with Gasteiger partial charge < -0.3 is 0 Å². The van der Waals surface area contributed by atoms with Crippen LogP contribution >= 0.6 is 22.9 Å². The van der Waals surface area contributed by atoms with E-state index >= 15 is 0 Å². The first kappa shape index (κ1) is 16.1. The molecule has 3 nitrogen and oxygen atoms in total. The average molecular weight is 380 g/mol. The second-order valence-electron chi connectivity index (χ2n) is 5.30. The van der Waals surface area contributed by atoms with E-state index in [9.17, 15) is 13.2 Å². The number of benzene rings is 2. The summed E-state index contributed by atoms with van der Waals surface area (Å²) in [7, 11) is 0. The molecule has 0 unspecified atom stereocenters. The fourth-order valence-corrected chi connectivity index (χ4v) is 3.50. The monoisotopic (exact) mass is 379 g/mol. The van der Waals surface area contributed by atoms with E-state index in [0.29, 0.717) is 16.1 Å². The van der Waals surface area contributed by atoms with Gasteiger partial charge in [0.15, 0.2) is 5.69 Å². The summed E-state index contributed by atoms with van der Waals surface area (Å²) >= 11 is 7.00. The zero-order valence-electron chi connectivity index (χ0n) is 12.5. The maximum atomic E-state index is 13.5. The number of alkyl halides is 3. The Morgan fingerprint density at radius 2 is 1.72 bits per heavy atom. The van der Waals surface area contributed by atoms with Crippen LogP contribution in [-0.4, -0.2) is 14.8 Å². The van der Waals surface area contributed by atoms with Gasteiger partial charge in [-0.3, -0.25) is 0 Å². The van der Waals surface area contributed by atoms with Crippen LogP contribution in [0.1, 0.15) is 5.69 Å². The number of hydrogen-bond acceptors (Lipinski definition) is 3. The third-order valence-electron chi connectivity index (χ3n) is 3.60. The molecular formula is C17H9ClF3N3S. The van der Waals surface area contributed by atoms with Crippen LogP contribution in [0.4, 0.5) is 13.2 Å². The minimum absolute atomic E-state index is 0.175. The van der Waals surface area contributed by atoms with Crippen molar-refractivity contribution in [3.63, 3.8) is 0 Å². The van der Waals surface area contributed by atoms with Crippen molar-refractivity contribution >= 4 is 33.2 Å². The summed E-state index contributed by atoms with van der Waals surface area (Å²) in [5.74, 6) is 0. The molecule has 0 fully saturated rings. The molecule has 126 valence electrons. The molecule has 0 bridgehead atoms. The zero-order valence-corrected chi connectivity index (χ0v) is 14.0. The Balaban J connectivity index is 1.89. The van der Waals surface area contributed by atoms with Crippen molar-refractivity contribution in [2.24, 2.45) is 0 Å². The van der Waals surface area contributed by atoms with E-state index in [-0.39, 0.29) is 10.8 Å². The molecule has 0 atom stereocenters. The molecular weight excluding hydrogens is 371 g/mol. The molecule has 2 aromatic heterocycles. The second kappa shape index (κ2) is 5.86. The average Bonchev–Trinajstić information content (AvgIpc) is 3.19. The molecule has 0 aliphatic carbocycles. The van der Waals surface area contributed by atoms with Crippen LogP contribution in [0.15, 0.2) is 54.6 Å². The molecule has 2 heterocycles. The minimum atomic E-state index is -4.55. The van der Waals surface area contributed by atoms with E-state index in [1.165, 1.54) is 0 Å². The Labute approximate surface area is 149 Å². The van der Waals surface area contributed by atoms with Crippen LogP contribution in [0.25, 0.3) is 26.6 Å². The number of para-hydroxylation sites is 1. The van der Waals surface area contributed by atoms with Crippen molar-refractivity contribution in [1.82, 2.24) is 14.8 Å². The van der Waals surface area contributed by atoms with Gasteiger partial charge in [0.25, 0.3) is 0 Å². The van der Waals surface area contributed by atoms with Crippen molar-refractivity contribution in [3.8, 4) is 16.4 Å². The smallest absolute Gasteiger partial charge is 0.218 e. The van der Waals surface area contributed by atoms with Gasteiger partial charge in [0.1, 0.15) is 0 Å². The molecule has 2 aromatic carbocycles. The molecule has 0 aliphatic heterocycles. The van der Waals surface area contributed by atoms with Gasteiger partial charge in [0, 0.05) is 10.6 Å². The molecule has 0 amide bonds. The number of fused-ring (bicyclic) bond motifs is 1. The number of thiazole rings is 1. The SMILES string of the molecule is FC(F)(F)c1cc(-c2ccc(Cl)cc2)nn1-c1nc2ccccc2s1. The van der Waals surface area contributed by atoms with Crippen LogP contribution in [0.3, 0.4) is 0 Å². The number of aromatic nitrogens is 3. The van der Waals surface area contributed by atoms with Gasteiger partial charge in [-0.2, -0.15) is 18.3 Å². The molecule has 0 saturated carbocycles. The molecule has 0 aliphatic rings. The van der Waals surface area contributed by atoms with E-state index in [4.69, 9.17) is 11.6 Å². The van der Waals surface area contributed by atoms with Gasteiger partial charge in [-0.1, -0.05) is 47.2 Å². The highest BCUT2D eigenvalue weighted by Gasteiger charge is 2.37. The van der Waals surface area contributed by atoms with Gasteiger partial charge in [-0.25, -0.2) is 9.67 Å². The summed E-state index contributed by atoms with van der Waals surface area (Å²) in [4.78, 5) is 4.28. The summed E-state index contributed by atoms with van der Waals surface area (Å²) in [6.45, 7) is 0. The van der Waals surface area contributed by atoms with Gasteiger partial charge in [0.2, 0.25) is 5.13 Å². The largest absolute Gasteiger partial charge is 0.433 e. The van der Waals surface area contributed by atoms with Crippen LogP contribution in [0, 0.1) is 0 Å². The standard InChI is InChI=1S/C17H9ClF3N3S/c18-11-7-5-10(6-8-11)13-9-15(17(19,20)21)24(23-13)16-22-12-3-1-2-4-14(12)25-16/h1-9H. The van der Waals surface area contributed by atoms with Gasteiger partial charge in [-0.15, -0.1) is 0 Å². The van der Waals surface area contributed by atoms with Crippen LogP contribution < -0.4 is 0 Å². The van der Waals surface area contributed by atoms with Crippen molar-refractivity contribution in [1.29, 1.82) is 0 Å². The first-order chi connectivity index (χ1) is 11.9. The zero-order chi connectivity index (χ0) is 17.6. The van der Waals surface area contributed by atoms with E-state index < -0.39 is 11.9 Å². The first-order valence-corrected chi connectivity index (χ1v) is 8.40. The Morgan fingerprint density at radius 1 is 1.00 bits per heavy atom. The number of halogens is 4. The quantitative estimate of drug-likeness (QED) is 0.439. The number of nitrogens with zero attached hydrogens (tertiary/aromatic N) is 3. The Hall–Kier alpha value is -2.38. The second-order valence-corrected chi connectivity index (χ2v) is 6.74. The Bertz CT molecular complexity index is 1020. The fourth-order valence-electron chi connectivity index (χ4n) is 2.44. The summed E-state index contributed by atoms with van der Waals surface area (Å²) < 4.78 is 42.1. The lowest BCUT2D eigenvalue weighted by Gasteiger charge is -2.06. The number of rotatable bonds is 2. The summed E-state index contributed by atoms with van der Waals surface area (Å²) in [5.41, 5.74) is 0.536. The van der Waals surface area contributed by atoms with Crippen LogP contribution in [0.2, 0.25) is 5.02 Å². The lowest BCUT2D eigenvalue weighted by atomic mass is 10.1. The third-order valence-corrected chi connectivity index (χ3v) is 4.87. The third kappa shape index (κ3) is 3.01. The highest BCUT2D eigenvalue weighted by atomic mass is 35.5. The lowest BCUT2D eigenvalue weighted by Crippen LogP contribution is -2.12. The van der Waals surface area contributed by atoms with E-state index in [1.54, 1.807) is 36.4 Å². The molecule has 4 aromatic rings. The highest BCUT2D eigenvalue weighted by Crippen LogP contribution is 2.36. The highest BCUT2D eigenvalue weighted by molar-refractivity contribution is 7.20. The van der Waals surface area contributed by atoms with Gasteiger partial charge in [-0.05, 0) is 30.3 Å². The number of hydrogen-bond donors (Lipinski definition) is 0. The van der Waals surface area contributed by atoms with Crippen LogP contribution in [0.5, 0.6) is 0 Å². The summed E-state index contributed by atoms with van der Waals surface area (Å²) in [6, 6.07) is 14.7. The maximum Gasteiger partial charge on any atom is 0.433 e. The molecule has 4 rings (SSSR count). The van der Waals surface area contributed by atoms with E-state index in [2.05, 4.69) is 10.1 Å². The van der Waals surface area contributed by atoms with Crippen molar-refractivity contribution in [2.45, 2.75) is 6.18 Å². The summed E-state index contributed by atoms with van der Waals surface area (Å²) in [6.07, 6.45) is -4.55. The minimum Gasteiger partial charge on any atom is -0.218 e. The Morgan fingerprint density at radius 3 is 2.40 bits per heavy atom. The normalized spacial score (nSPS) is 12.0. The van der Waals surface area contributed by atoms with E-state index in [1.807, 2.05) is 12.1 Å². The Kier molecular flexibility index (Phi) is 3.77. The maximum absolute atomic E-state index is 13.5. The van der Waals surface area contributed by atoms with Gasteiger partial charge in [0.05, 0.1) is 15.9 Å². The molecule has 0 N–H and O–H groups in total.